The molecule has 6 heteroatoms. The Kier molecular flexibility index (Phi) is 4.55. The van der Waals surface area contributed by atoms with Gasteiger partial charge in [-0.25, -0.2) is 0 Å². The minimum atomic E-state index is -0.676. The molecule has 1 fully saturated rings. The van der Waals surface area contributed by atoms with Crippen molar-refractivity contribution in [3.8, 4) is 0 Å². The van der Waals surface area contributed by atoms with Gasteiger partial charge >= 0.3 is 0 Å². The van der Waals surface area contributed by atoms with Crippen molar-refractivity contribution < 1.29 is 19.5 Å². The zero-order valence-electron chi connectivity index (χ0n) is 11.1. The molecule has 1 aliphatic rings. The normalized spacial score (nSPS) is 23.6. The molecule has 2 rings (SSSR count). The van der Waals surface area contributed by atoms with E-state index in [-0.39, 0.29) is 30.7 Å². The van der Waals surface area contributed by atoms with Gasteiger partial charge in [0.1, 0.15) is 5.76 Å². The number of aliphatic hydroxyl groups excluding tert-OH is 2. The molecule has 19 heavy (non-hydrogen) atoms. The molecule has 2 N–H and O–H groups in total. The number of aryl methyl sites for hydroxylation is 1. The first kappa shape index (κ1) is 14.0. The third kappa shape index (κ3) is 3.13. The van der Waals surface area contributed by atoms with Gasteiger partial charge in [0.25, 0.3) is 5.91 Å². The number of aromatic nitrogens is 1. The van der Waals surface area contributed by atoms with Crippen LogP contribution in [0.5, 0.6) is 0 Å². The number of β-amino-alcohol motifs (C(OH)–C–C–N with tert-alkyl or cyclic N) is 1. The van der Waals surface area contributed by atoms with Crippen LogP contribution < -0.4 is 0 Å². The molecule has 0 saturated carbocycles. The van der Waals surface area contributed by atoms with Gasteiger partial charge in [0.2, 0.25) is 0 Å². The second-order valence-electron chi connectivity index (χ2n) is 4.98. The summed E-state index contributed by atoms with van der Waals surface area (Å²) in [5, 5.41) is 22.7. The summed E-state index contributed by atoms with van der Waals surface area (Å²) >= 11 is 0. The van der Waals surface area contributed by atoms with E-state index in [0.717, 1.165) is 12.8 Å². The molecule has 0 radical (unpaired) electrons. The molecule has 2 atom stereocenters. The standard InChI is InChI=1S/C13H20N2O4/c1-2-3-10-6-11(14-19-10)13(18)15-5-4-9(8-16)12(17)7-15/h6,9,12,16-17H,2-5,7-8H2,1H3/t9-,12+/m1/s1. The number of rotatable bonds is 4. The van der Waals surface area contributed by atoms with Gasteiger partial charge in [0, 0.05) is 38.1 Å². The Balaban J connectivity index is 1.99. The number of nitrogens with zero attached hydrogens (tertiary/aromatic N) is 2. The van der Waals surface area contributed by atoms with Crippen molar-refractivity contribution in [1.29, 1.82) is 0 Å². The Morgan fingerprint density at radius 1 is 1.63 bits per heavy atom. The van der Waals surface area contributed by atoms with Gasteiger partial charge in [-0.15, -0.1) is 0 Å². The van der Waals surface area contributed by atoms with Gasteiger partial charge in [0.15, 0.2) is 5.69 Å². The van der Waals surface area contributed by atoms with Crippen LogP contribution in [0.15, 0.2) is 10.6 Å². The quantitative estimate of drug-likeness (QED) is 0.827. The number of likely N-dealkylation sites (tertiary alicyclic amines) is 1. The fraction of sp³-hybridized carbons (Fsp3) is 0.692. The number of hydrogen-bond acceptors (Lipinski definition) is 5. The van der Waals surface area contributed by atoms with Crippen LogP contribution in [0.2, 0.25) is 0 Å². The summed E-state index contributed by atoms with van der Waals surface area (Å²) in [6.45, 7) is 2.74. The average Bonchev–Trinajstić information content (AvgIpc) is 2.87. The molecule has 1 amide bonds. The lowest BCUT2D eigenvalue weighted by Gasteiger charge is -2.34. The number of carbonyl (C=O) groups is 1. The Morgan fingerprint density at radius 3 is 3.05 bits per heavy atom. The van der Waals surface area contributed by atoms with Gasteiger partial charge in [-0.3, -0.25) is 4.79 Å². The third-order valence-corrected chi connectivity index (χ3v) is 3.52. The predicted octanol–water partition coefficient (Wildman–Crippen LogP) is 0.442. The predicted molar refractivity (Wildman–Crippen MR) is 67.6 cm³/mol. The number of aliphatic hydroxyl groups is 2. The van der Waals surface area contributed by atoms with Crippen LogP contribution in [-0.4, -0.2) is 52.0 Å². The van der Waals surface area contributed by atoms with Gasteiger partial charge < -0.3 is 19.6 Å². The largest absolute Gasteiger partial charge is 0.396 e. The van der Waals surface area contributed by atoms with Crippen LogP contribution in [0.4, 0.5) is 0 Å². The molecule has 0 unspecified atom stereocenters. The minimum absolute atomic E-state index is 0.0478. The van der Waals surface area contributed by atoms with Crippen molar-refractivity contribution in [3.05, 3.63) is 17.5 Å². The Labute approximate surface area is 112 Å². The van der Waals surface area contributed by atoms with Gasteiger partial charge in [-0.2, -0.15) is 0 Å². The van der Waals surface area contributed by atoms with Crippen LogP contribution in [0.3, 0.4) is 0 Å². The van der Waals surface area contributed by atoms with Crippen LogP contribution in [0, 0.1) is 5.92 Å². The lowest BCUT2D eigenvalue weighted by molar-refractivity contribution is 0.000513. The average molecular weight is 268 g/mol. The summed E-state index contributed by atoms with van der Waals surface area (Å²) in [5.41, 5.74) is 0.290. The highest BCUT2D eigenvalue weighted by molar-refractivity contribution is 5.92. The molecule has 0 spiro atoms. The Morgan fingerprint density at radius 2 is 2.42 bits per heavy atom. The van der Waals surface area contributed by atoms with E-state index in [4.69, 9.17) is 9.63 Å². The molecular formula is C13H20N2O4. The first-order valence-electron chi connectivity index (χ1n) is 6.69. The SMILES string of the molecule is CCCc1cc(C(=O)N2CC[C@H](CO)[C@@H](O)C2)no1. The fourth-order valence-corrected chi connectivity index (χ4v) is 2.32. The Bertz CT molecular complexity index is 432. The van der Waals surface area contributed by atoms with E-state index in [0.29, 0.717) is 18.7 Å². The maximum Gasteiger partial charge on any atom is 0.276 e. The first-order chi connectivity index (χ1) is 9.15. The van der Waals surface area contributed by atoms with Crippen molar-refractivity contribution in [2.45, 2.75) is 32.3 Å². The van der Waals surface area contributed by atoms with Crippen LogP contribution in [0.25, 0.3) is 0 Å². The number of carbonyl (C=O) groups excluding carboxylic acids is 1. The summed E-state index contributed by atoms with van der Waals surface area (Å²) in [7, 11) is 0. The lowest BCUT2D eigenvalue weighted by Crippen LogP contribution is -2.47. The van der Waals surface area contributed by atoms with Crippen molar-refractivity contribution >= 4 is 5.91 Å². The van der Waals surface area contributed by atoms with Crippen LogP contribution >= 0.6 is 0 Å². The number of hydrogen-bond donors (Lipinski definition) is 2. The number of piperidine rings is 1. The molecule has 1 saturated heterocycles. The summed E-state index contributed by atoms with van der Waals surface area (Å²) in [6.07, 6.45) is 1.62. The summed E-state index contributed by atoms with van der Waals surface area (Å²) < 4.78 is 5.09. The monoisotopic (exact) mass is 268 g/mol. The van der Waals surface area contributed by atoms with Crippen molar-refractivity contribution in [1.82, 2.24) is 10.1 Å². The minimum Gasteiger partial charge on any atom is -0.396 e. The zero-order valence-corrected chi connectivity index (χ0v) is 11.1. The summed E-state index contributed by atoms with van der Waals surface area (Å²) in [5.74, 6) is 0.343. The highest BCUT2D eigenvalue weighted by atomic mass is 16.5. The van der Waals surface area contributed by atoms with E-state index in [1.165, 1.54) is 0 Å². The molecule has 0 aromatic carbocycles. The second-order valence-corrected chi connectivity index (χ2v) is 4.98. The molecule has 6 nitrogen and oxygen atoms in total. The molecular weight excluding hydrogens is 248 g/mol. The Hall–Kier alpha value is -1.40. The highest BCUT2D eigenvalue weighted by Crippen LogP contribution is 2.19. The van der Waals surface area contributed by atoms with Gasteiger partial charge in [0.05, 0.1) is 6.10 Å². The smallest absolute Gasteiger partial charge is 0.276 e. The topological polar surface area (TPSA) is 86.8 Å². The van der Waals surface area contributed by atoms with E-state index in [1.807, 2.05) is 6.92 Å². The second kappa shape index (κ2) is 6.16. The molecule has 0 aliphatic carbocycles. The third-order valence-electron chi connectivity index (χ3n) is 3.52. The van der Waals surface area contributed by atoms with E-state index >= 15 is 0 Å². The van der Waals surface area contributed by atoms with Gasteiger partial charge in [-0.05, 0) is 12.8 Å². The van der Waals surface area contributed by atoms with E-state index in [2.05, 4.69) is 5.16 Å². The molecule has 2 heterocycles. The molecule has 1 aliphatic heterocycles. The number of amides is 1. The zero-order chi connectivity index (χ0) is 13.8. The summed E-state index contributed by atoms with van der Waals surface area (Å²) in [6, 6.07) is 1.66. The van der Waals surface area contributed by atoms with E-state index in [1.54, 1.807) is 11.0 Å². The molecule has 1 aromatic heterocycles. The van der Waals surface area contributed by atoms with E-state index < -0.39 is 6.10 Å². The van der Waals surface area contributed by atoms with E-state index in [9.17, 15) is 9.90 Å². The maximum atomic E-state index is 12.2. The first-order valence-corrected chi connectivity index (χ1v) is 6.69. The fourth-order valence-electron chi connectivity index (χ4n) is 2.32. The summed E-state index contributed by atoms with van der Waals surface area (Å²) in [4.78, 5) is 13.7. The molecule has 106 valence electrons. The van der Waals surface area contributed by atoms with Crippen LogP contribution in [0.1, 0.15) is 36.0 Å². The van der Waals surface area contributed by atoms with Crippen molar-refractivity contribution in [3.63, 3.8) is 0 Å². The van der Waals surface area contributed by atoms with Gasteiger partial charge in [-0.1, -0.05) is 12.1 Å². The maximum absolute atomic E-state index is 12.2. The van der Waals surface area contributed by atoms with Crippen LogP contribution in [-0.2, 0) is 6.42 Å². The lowest BCUT2D eigenvalue weighted by atomic mass is 9.94. The molecule has 1 aromatic rings. The highest BCUT2D eigenvalue weighted by Gasteiger charge is 2.31. The molecule has 0 bridgehead atoms. The van der Waals surface area contributed by atoms with Crippen molar-refractivity contribution in [2.24, 2.45) is 5.92 Å². The van der Waals surface area contributed by atoms with Crippen molar-refractivity contribution in [2.75, 3.05) is 19.7 Å².